The number of hydrogen-bond donors (Lipinski definition) is 2. The number of urea groups is 1. The molecule has 0 saturated carbocycles. The number of nitrogens with zero attached hydrogens (tertiary/aromatic N) is 2. The minimum absolute atomic E-state index is 0.0293. The van der Waals surface area contributed by atoms with Crippen molar-refractivity contribution in [1.82, 2.24) is 9.80 Å². The summed E-state index contributed by atoms with van der Waals surface area (Å²) in [4.78, 5) is 29.4. The fraction of sp³-hybridized carbons (Fsp3) is 0.440. The lowest BCUT2D eigenvalue weighted by atomic mass is 9.94. The molecule has 0 radical (unpaired) electrons. The van der Waals surface area contributed by atoms with E-state index in [0.29, 0.717) is 19.1 Å². The highest BCUT2D eigenvalue weighted by Gasteiger charge is 2.32. The van der Waals surface area contributed by atoms with Crippen molar-refractivity contribution >= 4 is 23.3 Å². The number of nitrogens with one attached hydrogen (secondary N) is 2. The van der Waals surface area contributed by atoms with Crippen LogP contribution >= 0.6 is 0 Å². The second kappa shape index (κ2) is 9.86. The SMILES string of the molecule is Cc1cccc(NC(=O)N2CCC(C(=O)N3CCC(Nc4ccccc4)CC3)CC2)c1. The Morgan fingerprint density at radius 1 is 0.806 bits per heavy atom. The molecular weight excluding hydrogens is 388 g/mol. The molecule has 2 aromatic carbocycles. The molecule has 6 heteroatoms. The lowest BCUT2D eigenvalue weighted by Crippen LogP contribution is -2.48. The van der Waals surface area contributed by atoms with Gasteiger partial charge in [-0.3, -0.25) is 4.79 Å². The first kappa shape index (κ1) is 21.2. The van der Waals surface area contributed by atoms with E-state index in [1.807, 2.05) is 59.2 Å². The van der Waals surface area contributed by atoms with Crippen LogP contribution in [0, 0.1) is 12.8 Å². The van der Waals surface area contributed by atoms with Crippen molar-refractivity contribution in [2.75, 3.05) is 36.8 Å². The molecule has 2 fully saturated rings. The maximum Gasteiger partial charge on any atom is 0.321 e. The number of hydrogen-bond acceptors (Lipinski definition) is 3. The van der Waals surface area contributed by atoms with Crippen LogP contribution in [0.2, 0.25) is 0 Å². The van der Waals surface area contributed by atoms with E-state index in [4.69, 9.17) is 0 Å². The fourth-order valence-corrected chi connectivity index (χ4v) is 4.53. The summed E-state index contributed by atoms with van der Waals surface area (Å²) in [5.41, 5.74) is 3.07. The number of carbonyl (C=O) groups excluding carboxylic acids is 2. The van der Waals surface area contributed by atoms with Crippen molar-refractivity contribution in [3.63, 3.8) is 0 Å². The van der Waals surface area contributed by atoms with Crippen molar-refractivity contribution in [2.24, 2.45) is 5.92 Å². The predicted octanol–water partition coefficient (Wildman–Crippen LogP) is 4.34. The molecule has 0 unspecified atom stereocenters. The van der Waals surface area contributed by atoms with Crippen LogP contribution < -0.4 is 10.6 Å². The summed E-state index contributed by atoms with van der Waals surface area (Å²) in [5.74, 6) is 0.290. The molecule has 2 aliphatic heterocycles. The number of anilines is 2. The Kier molecular flexibility index (Phi) is 6.75. The predicted molar refractivity (Wildman–Crippen MR) is 124 cm³/mol. The van der Waals surface area contributed by atoms with Gasteiger partial charge in [0.05, 0.1) is 0 Å². The molecule has 31 heavy (non-hydrogen) atoms. The van der Waals surface area contributed by atoms with Gasteiger partial charge in [0.15, 0.2) is 0 Å². The standard InChI is InChI=1S/C25H32N4O2/c1-19-6-5-9-23(18-19)27-25(31)29-14-10-20(11-15-29)24(30)28-16-12-22(13-17-28)26-21-7-3-2-4-8-21/h2-9,18,20,22,26H,10-17H2,1H3,(H,27,31). The molecule has 0 aliphatic carbocycles. The normalized spacial score (nSPS) is 18.0. The monoisotopic (exact) mass is 420 g/mol. The Morgan fingerprint density at radius 3 is 2.13 bits per heavy atom. The largest absolute Gasteiger partial charge is 0.382 e. The average Bonchev–Trinajstić information content (AvgIpc) is 2.80. The molecular formula is C25H32N4O2. The van der Waals surface area contributed by atoms with Gasteiger partial charge in [-0.15, -0.1) is 0 Å². The van der Waals surface area contributed by atoms with E-state index in [1.54, 1.807) is 0 Å². The van der Waals surface area contributed by atoms with E-state index in [9.17, 15) is 9.59 Å². The zero-order chi connectivity index (χ0) is 21.6. The molecule has 2 saturated heterocycles. The van der Waals surface area contributed by atoms with Gasteiger partial charge in [-0.25, -0.2) is 4.79 Å². The number of likely N-dealkylation sites (tertiary alicyclic amines) is 2. The highest BCUT2D eigenvalue weighted by atomic mass is 16.2. The van der Waals surface area contributed by atoms with Gasteiger partial charge in [0.2, 0.25) is 5.91 Å². The molecule has 0 aromatic heterocycles. The van der Waals surface area contributed by atoms with Crippen LogP contribution in [0.25, 0.3) is 0 Å². The van der Waals surface area contributed by atoms with Crippen molar-refractivity contribution in [3.05, 3.63) is 60.2 Å². The molecule has 2 aliphatic rings. The summed E-state index contributed by atoms with van der Waals surface area (Å²) >= 11 is 0. The Labute approximate surface area is 184 Å². The van der Waals surface area contributed by atoms with Gasteiger partial charge in [-0.1, -0.05) is 30.3 Å². The summed E-state index contributed by atoms with van der Waals surface area (Å²) in [7, 11) is 0. The van der Waals surface area contributed by atoms with E-state index in [0.717, 1.165) is 55.7 Å². The van der Waals surface area contributed by atoms with Gasteiger partial charge < -0.3 is 20.4 Å². The van der Waals surface area contributed by atoms with Gasteiger partial charge in [0.25, 0.3) is 0 Å². The molecule has 164 valence electrons. The maximum absolute atomic E-state index is 13.0. The third-order valence-electron chi connectivity index (χ3n) is 6.35. The zero-order valence-corrected chi connectivity index (χ0v) is 18.2. The lowest BCUT2D eigenvalue weighted by Gasteiger charge is -2.37. The highest BCUT2D eigenvalue weighted by molar-refractivity contribution is 5.89. The number of aryl methyl sites for hydroxylation is 1. The van der Waals surface area contributed by atoms with Crippen LogP contribution in [0.3, 0.4) is 0 Å². The molecule has 0 spiro atoms. The Hall–Kier alpha value is -3.02. The maximum atomic E-state index is 13.0. The second-order valence-electron chi connectivity index (χ2n) is 8.67. The van der Waals surface area contributed by atoms with Crippen LogP contribution in [-0.2, 0) is 4.79 Å². The van der Waals surface area contributed by atoms with Crippen molar-refractivity contribution in [2.45, 2.75) is 38.6 Å². The van der Waals surface area contributed by atoms with Crippen LogP contribution in [-0.4, -0.2) is 54.0 Å². The summed E-state index contributed by atoms with van der Waals surface area (Å²) in [5, 5.41) is 6.54. The molecule has 0 bridgehead atoms. The van der Waals surface area contributed by atoms with Crippen molar-refractivity contribution in [1.29, 1.82) is 0 Å². The molecule has 4 rings (SSSR count). The molecule has 0 atom stereocenters. The Morgan fingerprint density at radius 2 is 1.45 bits per heavy atom. The smallest absolute Gasteiger partial charge is 0.321 e. The van der Waals surface area contributed by atoms with Crippen molar-refractivity contribution in [3.8, 4) is 0 Å². The topological polar surface area (TPSA) is 64.7 Å². The van der Waals surface area contributed by atoms with E-state index < -0.39 is 0 Å². The second-order valence-corrected chi connectivity index (χ2v) is 8.67. The van der Waals surface area contributed by atoms with Gasteiger partial charge in [0, 0.05) is 49.5 Å². The minimum Gasteiger partial charge on any atom is -0.382 e. The van der Waals surface area contributed by atoms with Crippen LogP contribution in [0.4, 0.5) is 16.2 Å². The Balaban J connectivity index is 1.21. The minimum atomic E-state index is -0.0794. The summed E-state index contributed by atoms with van der Waals surface area (Å²) in [6.07, 6.45) is 3.42. The van der Waals surface area contributed by atoms with Crippen LogP contribution in [0.15, 0.2) is 54.6 Å². The van der Waals surface area contributed by atoms with Gasteiger partial charge in [0.1, 0.15) is 0 Å². The molecule has 3 amide bonds. The number of amides is 3. The summed E-state index contributed by atoms with van der Waals surface area (Å²) < 4.78 is 0. The fourth-order valence-electron chi connectivity index (χ4n) is 4.53. The van der Waals surface area contributed by atoms with E-state index >= 15 is 0 Å². The first-order chi connectivity index (χ1) is 15.1. The third kappa shape index (κ3) is 5.57. The lowest BCUT2D eigenvalue weighted by molar-refractivity contribution is -0.137. The van der Waals surface area contributed by atoms with Crippen LogP contribution in [0.1, 0.15) is 31.2 Å². The van der Waals surface area contributed by atoms with Crippen LogP contribution in [0.5, 0.6) is 0 Å². The Bertz CT molecular complexity index is 885. The van der Waals surface area contributed by atoms with Gasteiger partial charge in [-0.2, -0.15) is 0 Å². The quantitative estimate of drug-likeness (QED) is 0.773. The molecule has 2 heterocycles. The number of benzene rings is 2. The zero-order valence-electron chi connectivity index (χ0n) is 18.2. The molecule has 2 N–H and O–H groups in total. The number of rotatable bonds is 4. The number of piperidine rings is 2. The summed E-state index contributed by atoms with van der Waals surface area (Å²) in [6.45, 7) is 4.86. The average molecular weight is 421 g/mol. The van der Waals surface area contributed by atoms with E-state index in [-0.39, 0.29) is 17.9 Å². The molecule has 6 nitrogen and oxygen atoms in total. The summed E-state index contributed by atoms with van der Waals surface area (Å²) in [6, 6.07) is 18.4. The van der Waals surface area contributed by atoms with E-state index in [1.165, 1.54) is 0 Å². The number of carbonyl (C=O) groups is 2. The van der Waals surface area contributed by atoms with Crippen molar-refractivity contribution < 1.29 is 9.59 Å². The number of para-hydroxylation sites is 1. The first-order valence-electron chi connectivity index (χ1n) is 11.3. The third-order valence-corrected chi connectivity index (χ3v) is 6.35. The molecule has 2 aromatic rings. The van der Waals surface area contributed by atoms with Gasteiger partial charge in [-0.05, 0) is 62.4 Å². The van der Waals surface area contributed by atoms with E-state index in [2.05, 4.69) is 22.8 Å². The highest BCUT2D eigenvalue weighted by Crippen LogP contribution is 2.24. The first-order valence-corrected chi connectivity index (χ1v) is 11.3. The van der Waals surface area contributed by atoms with Gasteiger partial charge >= 0.3 is 6.03 Å².